The van der Waals surface area contributed by atoms with Gasteiger partial charge in [-0.2, -0.15) is 12.6 Å². The zero-order valence-corrected chi connectivity index (χ0v) is 11.6. The first-order valence-corrected chi connectivity index (χ1v) is 6.84. The zero-order valence-electron chi connectivity index (χ0n) is 9.97. The minimum absolute atomic E-state index is 0.0465. The van der Waals surface area contributed by atoms with Crippen molar-refractivity contribution < 1.29 is 9.66 Å². The molecule has 1 rings (SSSR count). The number of nitro benzene ring substituents is 1. The molecule has 0 bridgehead atoms. The Labute approximate surface area is 117 Å². The fraction of sp³-hybridized carbons (Fsp3) is 0.500. The molecule has 0 saturated heterocycles. The molecule has 0 spiro atoms. The highest BCUT2D eigenvalue weighted by Crippen LogP contribution is 2.30. The van der Waals surface area contributed by atoms with E-state index in [4.69, 9.17) is 16.3 Å². The molecular formula is C12H16ClNO3S. The molecule has 0 aromatic heterocycles. The largest absolute Gasteiger partial charge is 0.487 e. The summed E-state index contributed by atoms with van der Waals surface area (Å²) >= 11 is 9.92. The third kappa shape index (κ3) is 5.14. The van der Waals surface area contributed by atoms with Crippen LogP contribution < -0.4 is 4.74 Å². The monoisotopic (exact) mass is 289 g/mol. The van der Waals surface area contributed by atoms with Gasteiger partial charge in [0, 0.05) is 17.2 Å². The number of nitrogens with zero attached hydrogens (tertiary/aromatic N) is 1. The van der Waals surface area contributed by atoms with Crippen LogP contribution in [0.4, 0.5) is 5.69 Å². The highest BCUT2D eigenvalue weighted by atomic mass is 35.5. The van der Waals surface area contributed by atoms with Crippen molar-refractivity contribution in [2.75, 3.05) is 12.4 Å². The lowest BCUT2D eigenvalue weighted by Crippen LogP contribution is -2.00. The molecule has 6 heteroatoms. The van der Waals surface area contributed by atoms with Crippen molar-refractivity contribution in [1.29, 1.82) is 0 Å². The quantitative estimate of drug-likeness (QED) is 0.339. The van der Waals surface area contributed by atoms with E-state index in [1.807, 2.05) is 0 Å². The second-order valence-electron chi connectivity index (χ2n) is 3.86. The van der Waals surface area contributed by atoms with Crippen molar-refractivity contribution in [2.24, 2.45) is 0 Å². The van der Waals surface area contributed by atoms with Gasteiger partial charge in [0.1, 0.15) is 0 Å². The molecule has 4 nitrogen and oxygen atoms in total. The summed E-state index contributed by atoms with van der Waals surface area (Å²) in [5.41, 5.74) is -0.0465. The van der Waals surface area contributed by atoms with Crippen LogP contribution in [-0.2, 0) is 0 Å². The van der Waals surface area contributed by atoms with Gasteiger partial charge in [0.25, 0.3) is 0 Å². The van der Waals surface area contributed by atoms with Gasteiger partial charge in [0.15, 0.2) is 5.75 Å². The number of rotatable bonds is 8. The lowest BCUT2D eigenvalue weighted by molar-refractivity contribution is -0.385. The Morgan fingerprint density at radius 1 is 1.28 bits per heavy atom. The molecular weight excluding hydrogens is 274 g/mol. The molecule has 0 heterocycles. The fourth-order valence-corrected chi connectivity index (χ4v) is 1.89. The third-order valence-electron chi connectivity index (χ3n) is 2.43. The summed E-state index contributed by atoms with van der Waals surface area (Å²) in [6.45, 7) is 0.466. The molecule has 0 aliphatic heterocycles. The van der Waals surface area contributed by atoms with Gasteiger partial charge in [-0.3, -0.25) is 10.1 Å². The second-order valence-corrected chi connectivity index (χ2v) is 4.74. The van der Waals surface area contributed by atoms with Gasteiger partial charge < -0.3 is 4.74 Å². The van der Waals surface area contributed by atoms with E-state index in [0.29, 0.717) is 11.6 Å². The Morgan fingerprint density at radius 2 is 2.00 bits per heavy atom. The number of nitro groups is 1. The van der Waals surface area contributed by atoms with Crippen LogP contribution in [0.2, 0.25) is 5.02 Å². The minimum Gasteiger partial charge on any atom is -0.487 e. The third-order valence-corrected chi connectivity index (χ3v) is 2.98. The Morgan fingerprint density at radius 3 is 2.67 bits per heavy atom. The topological polar surface area (TPSA) is 52.4 Å². The second kappa shape index (κ2) is 8.21. The molecule has 0 aliphatic rings. The SMILES string of the molecule is O=[N+]([O-])c1ccc(Cl)cc1OCCCCCCS. The van der Waals surface area contributed by atoms with Gasteiger partial charge in [0.2, 0.25) is 0 Å². The zero-order chi connectivity index (χ0) is 13.4. The molecule has 0 radical (unpaired) electrons. The molecule has 0 fully saturated rings. The molecule has 18 heavy (non-hydrogen) atoms. The molecule has 1 aromatic carbocycles. The Hall–Kier alpha value is -0.940. The van der Waals surface area contributed by atoms with E-state index in [2.05, 4.69) is 12.6 Å². The highest BCUT2D eigenvalue weighted by Gasteiger charge is 2.14. The van der Waals surface area contributed by atoms with Crippen molar-refractivity contribution in [3.8, 4) is 5.75 Å². The Bertz CT molecular complexity index is 401. The van der Waals surface area contributed by atoms with Crippen LogP contribution in [0, 0.1) is 10.1 Å². The number of unbranched alkanes of at least 4 members (excludes halogenated alkanes) is 3. The van der Waals surface area contributed by atoms with Crippen LogP contribution >= 0.6 is 24.2 Å². The van der Waals surface area contributed by atoms with Crippen LogP contribution in [0.3, 0.4) is 0 Å². The number of halogens is 1. The van der Waals surface area contributed by atoms with E-state index in [0.717, 1.165) is 31.4 Å². The minimum atomic E-state index is -0.466. The van der Waals surface area contributed by atoms with E-state index in [1.54, 1.807) is 0 Å². The van der Waals surface area contributed by atoms with Crippen molar-refractivity contribution in [1.82, 2.24) is 0 Å². The van der Waals surface area contributed by atoms with Gasteiger partial charge >= 0.3 is 5.69 Å². The summed E-state index contributed by atoms with van der Waals surface area (Å²) < 4.78 is 5.41. The van der Waals surface area contributed by atoms with Crippen molar-refractivity contribution in [2.45, 2.75) is 25.7 Å². The molecule has 0 unspecified atom stereocenters. The first kappa shape index (κ1) is 15.1. The van der Waals surface area contributed by atoms with Gasteiger partial charge in [-0.15, -0.1) is 0 Å². The van der Waals surface area contributed by atoms with E-state index in [-0.39, 0.29) is 11.4 Å². The first-order valence-electron chi connectivity index (χ1n) is 5.82. The molecule has 1 aromatic rings. The van der Waals surface area contributed by atoms with Gasteiger partial charge in [-0.1, -0.05) is 24.4 Å². The summed E-state index contributed by atoms with van der Waals surface area (Å²) in [5, 5.41) is 11.2. The van der Waals surface area contributed by atoms with E-state index >= 15 is 0 Å². The number of ether oxygens (including phenoxy) is 1. The average Bonchev–Trinajstić information content (AvgIpc) is 2.33. The molecule has 0 N–H and O–H groups in total. The smallest absolute Gasteiger partial charge is 0.311 e. The molecule has 0 saturated carbocycles. The number of thiol groups is 1. The van der Waals surface area contributed by atoms with E-state index in [9.17, 15) is 10.1 Å². The maximum absolute atomic E-state index is 10.8. The lowest BCUT2D eigenvalue weighted by Gasteiger charge is -2.06. The predicted octanol–water partition coefficient (Wildman–Crippen LogP) is 4.12. The Kier molecular flexibility index (Phi) is 6.90. The predicted molar refractivity (Wildman–Crippen MR) is 75.9 cm³/mol. The van der Waals surface area contributed by atoms with Crippen LogP contribution in [0.5, 0.6) is 5.75 Å². The van der Waals surface area contributed by atoms with E-state index in [1.165, 1.54) is 18.2 Å². The molecule has 0 atom stereocenters. The first-order chi connectivity index (χ1) is 8.65. The van der Waals surface area contributed by atoms with Crippen LogP contribution in [-0.4, -0.2) is 17.3 Å². The molecule has 0 amide bonds. The number of hydrogen-bond acceptors (Lipinski definition) is 4. The number of benzene rings is 1. The van der Waals surface area contributed by atoms with Crippen LogP contribution in [0.1, 0.15) is 25.7 Å². The van der Waals surface area contributed by atoms with Crippen molar-refractivity contribution in [3.05, 3.63) is 33.3 Å². The van der Waals surface area contributed by atoms with Crippen molar-refractivity contribution >= 4 is 29.9 Å². The van der Waals surface area contributed by atoms with Crippen molar-refractivity contribution in [3.63, 3.8) is 0 Å². The summed E-state index contributed by atoms with van der Waals surface area (Å²) in [7, 11) is 0. The van der Waals surface area contributed by atoms with Crippen LogP contribution in [0.25, 0.3) is 0 Å². The number of hydrogen-bond donors (Lipinski definition) is 1. The van der Waals surface area contributed by atoms with Crippen LogP contribution in [0.15, 0.2) is 18.2 Å². The lowest BCUT2D eigenvalue weighted by atomic mass is 10.2. The van der Waals surface area contributed by atoms with Gasteiger partial charge in [-0.05, 0) is 24.7 Å². The summed E-state index contributed by atoms with van der Waals surface area (Å²) in [6.07, 6.45) is 4.09. The maximum Gasteiger partial charge on any atom is 0.311 e. The Balaban J connectivity index is 2.45. The van der Waals surface area contributed by atoms with Gasteiger partial charge in [0.05, 0.1) is 11.5 Å². The highest BCUT2D eigenvalue weighted by molar-refractivity contribution is 7.80. The van der Waals surface area contributed by atoms with E-state index < -0.39 is 4.92 Å². The normalized spacial score (nSPS) is 10.3. The fourth-order valence-electron chi connectivity index (χ4n) is 1.50. The molecule has 100 valence electrons. The summed E-state index contributed by atoms with van der Waals surface area (Å²) in [6, 6.07) is 4.32. The molecule has 0 aliphatic carbocycles. The average molecular weight is 290 g/mol. The summed E-state index contributed by atoms with van der Waals surface area (Å²) in [4.78, 5) is 10.3. The van der Waals surface area contributed by atoms with Gasteiger partial charge in [-0.25, -0.2) is 0 Å². The maximum atomic E-state index is 10.8. The standard InChI is InChI=1S/C12H16ClNO3S/c13-10-5-6-11(14(15)16)12(9-10)17-7-3-1-2-4-8-18/h5-6,9,18H,1-4,7-8H2. The summed E-state index contributed by atoms with van der Waals surface area (Å²) in [5.74, 6) is 1.13.